The molecule has 0 atom stereocenters. The van der Waals surface area contributed by atoms with Gasteiger partial charge in [0, 0.05) is 0 Å². The number of nitrogens with zero attached hydrogens (tertiary/aromatic N) is 1. The molecule has 4 heteroatoms. The van der Waals surface area contributed by atoms with Crippen molar-refractivity contribution in [1.82, 2.24) is 0 Å². The van der Waals surface area contributed by atoms with E-state index < -0.39 is 0 Å². The molecule has 0 aromatic heterocycles. The molecule has 0 saturated carbocycles. The second kappa shape index (κ2) is 19.0. The molecule has 0 bridgehead atoms. The van der Waals surface area contributed by atoms with Gasteiger partial charge in [-0.2, -0.15) is 0 Å². The zero-order valence-corrected chi connectivity index (χ0v) is 5.80. The third-order valence-electron chi connectivity index (χ3n) is 0. The molecule has 4 heavy (non-hydrogen) atoms. The van der Waals surface area contributed by atoms with Crippen molar-refractivity contribution in [3.05, 3.63) is 6.15 Å². The number of hydrogen-bond donors (Lipinski definition) is 0. The Kier molecular flexibility index (Phi) is 166. The van der Waals surface area contributed by atoms with Crippen LogP contribution in [0, 0.1) is 0 Å². The van der Waals surface area contributed by atoms with E-state index in [1.807, 2.05) is 0 Å². The molecule has 0 saturated heterocycles. The minimum Gasteiger partial charge on any atom is -3.00 e. The third-order valence-corrected chi connectivity index (χ3v) is 0. The van der Waals surface area contributed by atoms with E-state index in [0.29, 0.717) is 0 Å². The van der Waals surface area contributed by atoms with Crippen molar-refractivity contribution in [3.8, 4) is 0 Å². The zero-order chi connectivity index (χ0) is 0. The smallest absolute Gasteiger partial charge is 1.00 e. The van der Waals surface area contributed by atoms with Gasteiger partial charge in [0.1, 0.15) is 0 Å². The summed E-state index contributed by atoms with van der Waals surface area (Å²) < 4.78 is 0. The van der Waals surface area contributed by atoms with Gasteiger partial charge < -0.3 is 6.15 Å². The first-order valence-electron chi connectivity index (χ1n) is 0. The number of hydrogen-bond acceptors (Lipinski definition) is 0. The Hall–Kier alpha value is 2.18. The van der Waals surface area contributed by atoms with Gasteiger partial charge in [-0.15, -0.1) is 0 Å². The summed E-state index contributed by atoms with van der Waals surface area (Å²) in [6.07, 6.45) is 0. The molecule has 0 N–H and O–H groups in total. The van der Waals surface area contributed by atoms with Crippen LogP contribution in [-0.4, -0.2) is 0 Å². The summed E-state index contributed by atoms with van der Waals surface area (Å²) in [5, 5.41) is 0. The minimum absolute atomic E-state index is 0. The Balaban J connectivity index is 0. The first-order valence-corrected chi connectivity index (χ1v) is 0. The van der Waals surface area contributed by atoms with E-state index in [-0.39, 0.29) is 73.3 Å². The zero-order valence-electron chi connectivity index (χ0n) is 1.35. The topological polar surface area (TPSA) is 30.5 Å². The molecule has 0 aliphatic heterocycles. The molecule has 0 fully saturated rings. The van der Waals surface area contributed by atoms with E-state index in [0.717, 1.165) is 0 Å². The predicted octanol–water partition coefficient (Wildman–Crippen LogP) is 0.281. The summed E-state index contributed by atoms with van der Waals surface area (Å²) >= 11 is 0. The largest absolute Gasteiger partial charge is 3.00 e. The molecule has 0 aromatic carbocycles. The molecule has 0 amide bonds. The minimum atomic E-state index is 0. The van der Waals surface area contributed by atoms with Crippen LogP contribution in [0.4, 0.5) is 0 Å². The summed E-state index contributed by atoms with van der Waals surface area (Å²) in [4.78, 5) is 0. The standard InChI is InChI=1S/3Ag.N/q3*+1;-3. The summed E-state index contributed by atoms with van der Waals surface area (Å²) in [6.45, 7) is 0. The summed E-state index contributed by atoms with van der Waals surface area (Å²) in [7, 11) is 0. The SMILES string of the molecule is [Ag+].[Ag+].[Ag+].[N-3]. The van der Waals surface area contributed by atoms with E-state index in [9.17, 15) is 0 Å². The molecule has 0 aliphatic carbocycles. The van der Waals surface area contributed by atoms with E-state index >= 15 is 0 Å². The van der Waals surface area contributed by atoms with Gasteiger partial charge in [0.2, 0.25) is 0 Å². The average Bonchev–Trinajstić information content (AvgIpc) is 0. The fraction of sp³-hybridized carbons (Fsp3) is 0. The normalized spacial score (nSPS) is 0. The molecule has 0 unspecified atom stereocenters. The van der Waals surface area contributed by atoms with Gasteiger partial charge in [0.25, 0.3) is 0 Å². The summed E-state index contributed by atoms with van der Waals surface area (Å²) in [6, 6.07) is 0. The van der Waals surface area contributed by atoms with Crippen LogP contribution in [0.25, 0.3) is 6.15 Å². The van der Waals surface area contributed by atoms with Crippen LogP contribution in [-0.2, 0) is 67.1 Å². The molecule has 0 aliphatic rings. The molecular formula is Ag3N. The first kappa shape index (κ1) is 34.9. The summed E-state index contributed by atoms with van der Waals surface area (Å²) in [5.41, 5.74) is 0. The molecule has 0 radical (unpaired) electrons. The monoisotopic (exact) mass is 335 g/mol. The van der Waals surface area contributed by atoms with Crippen molar-refractivity contribution < 1.29 is 67.1 Å². The van der Waals surface area contributed by atoms with Crippen LogP contribution in [0.5, 0.6) is 0 Å². The van der Waals surface area contributed by atoms with E-state index in [2.05, 4.69) is 0 Å². The van der Waals surface area contributed by atoms with Gasteiger partial charge >= 0.3 is 67.1 Å². The van der Waals surface area contributed by atoms with Crippen molar-refractivity contribution in [3.63, 3.8) is 0 Å². The fourth-order valence-electron chi connectivity index (χ4n) is 0. The maximum atomic E-state index is 0. The Labute approximate surface area is 72.4 Å². The van der Waals surface area contributed by atoms with Gasteiger partial charge in [-0.05, 0) is 0 Å². The molecule has 0 aromatic rings. The fourth-order valence-corrected chi connectivity index (χ4v) is 0. The molecule has 38 valence electrons. The maximum absolute atomic E-state index is 0. The quantitative estimate of drug-likeness (QED) is 0.569. The first-order chi connectivity index (χ1) is 0. The Morgan fingerprint density at radius 3 is 0.500 bits per heavy atom. The Bertz CT molecular complexity index is 3.25. The average molecular weight is 338 g/mol. The van der Waals surface area contributed by atoms with E-state index in [1.54, 1.807) is 0 Å². The molecular weight excluding hydrogens is 338 g/mol. The molecule has 1 nitrogen and oxygen atoms in total. The van der Waals surface area contributed by atoms with Crippen molar-refractivity contribution in [2.75, 3.05) is 0 Å². The van der Waals surface area contributed by atoms with Crippen molar-refractivity contribution in [2.24, 2.45) is 0 Å². The van der Waals surface area contributed by atoms with E-state index in [1.165, 1.54) is 0 Å². The van der Waals surface area contributed by atoms with Crippen LogP contribution >= 0.6 is 0 Å². The van der Waals surface area contributed by atoms with Crippen molar-refractivity contribution in [2.45, 2.75) is 0 Å². The van der Waals surface area contributed by atoms with Gasteiger partial charge in [-0.3, -0.25) is 0 Å². The van der Waals surface area contributed by atoms with Gasteiger partial charge in [-0.1, -0.05) is 0 Å². The second-order valence-corrected chi connectivity index (χ2v) is 0. The van der Waals surface area contributed by atoms with Crippen LogP contribution in [0.1, 0.15) is 0 Å². The van der Waals surface area contributed by atoms with Gasteiger partial charge in [0.15, 0.2) is 0 Å². The van der Waals surface area contributed by atoms with E-state index in [4.69, 9.17) is 0 Å². The maximum Gasteiger partial charge on any atom is 1.00 e. The van der Waals surface area contributed by atoms with Crippen molar-refractivity contribution >= 4 is 0 Å². The molecule has 0 rings (SSSR count). The predicted molar refractivity (Wildman–Crippen MR) is 3.36 cm³/mol. The van der Waals surface area contributed by atoms with Crippen molar-refractivity contribution in [1.29, 1.82) is 0 Å². The van der Waals surface area contributed by atoms with Crippen LogP contribution < -0.4 is 0 Å². The third kappa shape index (κ3) is 8.89. The van der Waals surface area contributed by atoms with Crippen LogP contribution in [0.3, 0.4) is 0 Å². The molecule has 0 heterocycles. The van der Waals surface area contributed by atoms with Gasteiger partial charge in [-0.25, -0.2) is 0 Å². The Morgan fingerprint density at radius 2 is 0.500 bits per heavy atom. The van der Waals surface area contributed by atoms with Crippen LogP contribution in [0.2, 0.25) is 0 Å². The molecule has 0 spiro atoms. The number of rotatable bonds is 0. The summed E-state index contributed by atoms with van der Waals surface area (Å²) in [5.74, 6) is 0. The Morgan fingerprint density at radius 1 is 0.500 bits per heavy atom. The van der Waals surface area contributed by atoms with Crippen LogP contribution in [0.15, 0.2) is 0 Å². The second-order valence-electron chi connectivity index (χ2n) is 0. The van der Waals surface area contributed by atoms with Gasteiger partial charge in [0.05, 0.1) is 0 Å².